The molecule has 0 spiro atoms. The Morgan fingerprint density at radius 2 is 1.53 bits per heavy atom. The molecular weight excluding hydrogens is 784 g/mol. The predicted octanol–water partition coefficient (Wildman–Crippen LogP) is 10.7. The van der Waals surface area contributed by atoms with E-state index in [1.54, 1.807) is 0 Å². The SMILES string of the molecule is CCc1cc(CC(C)C)c(-c2cnn(-c3[c-]c(Oc4[c-]c5c(cc4)c4ccccc4n5-c4cc(C)ccn4)ccc3)c2)c(CC(C)C)c1.[Pt+2]. The molecule has 0 saturated carbocycles. The van der Waals surface area contributed by atoms with Crippen LogP contribution >= 0.6 is 0 Å². The second kappa shape index (κ2) is 14.6. The molecule has 0 radical (unpaired) electrons. The fourth-order valence-electron chi connectivity index (χ4n) is 6.76. The van der Waals surface area contributed by atoms with Gasteiger partial charge in [-0.05, 0) is 95.1 Å². The summed E-state index contributed by atoms with van der Waals surface area (Å²) < 4.78 is 10.5. The molecule has 49 heavy (non-hydrogen) atoms. The number of pyridine rings is 1. The van der Waals surface area contributed by atoms with E-state index in [1.807, 2.05) is 47.4 Å². The molecule has 0 atom stereocenters. The van der Waals surface area contributed by atoms with Crippen LogP contribution in [0.2, 0.25) is 0 Å². The molecule has 0 aliphatic heterocycles. The van der Waals surface area contributed by atoms with Crippen LogP contribution < -0.4 is 4.74 Å². The van der Waals surface area contributed by atoms with Crippen molar-refractivity contribution in [1.29, 1.82) is 0 Å². The molecule has 0 unspecified atom stereocenters. The first-order valence-electron chi connectivity index (χ1n) is 17.1. The van der Waals surface area contributed by atoms with E-state index in [4.69, 9.17) is 14.8 Å². The van der Waals surface area contributed by atoms with Gasteiger partial charge in [0.15, 0.2) is 0 Å². The number of hydrogen-bond acceptors (Lipinski definition) is 3. The summed E-state index contributed by atoms with van der Waals surface area (Å²) in [7, 11) is 0. The number of hydrogen-bond donors (Lipinski definition) is 0. The quantitative estimate of drug-likeness (QED) is 0.129. The zero-order chi connectivity index (χ0) is 33.4. The maximum atomic E-state index is 6.42. The van der Waals surface area contributed by atoms with Crippen molar-refractivity contribution >= 4 is 21.8 Å². The van der Waals surface area contributed by atoms with Crippen LogP contribution in [0.1, 0.15) is 56.9 Å². The number of nitrogens with zero attached hydrogens (tertiary/aromatic N) is 4. The molecule has 250 valence electrons. The van der Waals surface area contributed by atoms with Gasteiger partial charge in [-0.25, -0.2) is 4.98 Å². The van der Waals surface area contributed by atoms with Crippen LogP contribution in [0.5, 0.6) is 11.5 Å². The van der Waals surface area contributed by atoms with Gasteiger partial charge in [0, 0.05) is 35.0 Å². The summed E-state index contributed by atoms with van der Waals surface area (Å²) in [4.78, 5) is 4.70. The molecule has 3 aromatic heterocycles. The zero-order valence-electron chi connectivity index (χ0n) is 29.0. The van der Waals surface area contributed by atoms with Gasteiger partial charge in [-0.15, -0.1) is 35.7 Å². The first-order valence-corrected chi connectivity index (χ1v) is 17.1. The normalized spacial score (nSPS) is 11.5. The minimum absolute atomic E-state index is 0. The third-order valence-electron chi connectivity index (χ3n) is 8.80. The van der Waals surface area contributed by atoms with Gasteiger partial charge in [0.05, 0.1) is 6.20 Å². The largest absolute Gasteiger partial charge is 2.00 e. The van der Waals surface area contributed by atoms with E-state index in [1.165, 1.54) is 22.3 Å². The van der Waals surface area contributed by atoms with Gasteiger partial charge < -0.3 is 9.30 Å². The van der Waals surface area contributed by atoms with Crippen molar-refractivity contribution in [2.24, 2.45) is 11.8 Å². The molecule has 6 heteroatoms. The van der Waals surface area contributed by atoms with E-state index in [0.717, 1.165) is 63.7 Å². The van der Waals surface area contributed by atoms with Crippen LogP contribution in [-0.2, 0) is 40.3 Å². The van der Waals surface area contributed by atoms with E-state index >= 15 is 0 Å². The molecule has 7 rings (SSSR count). The number of aromatic nitrogens is 4. The summed E-state index contributed by atoms with van der Waals surface area (Å²) in [5, 5.41) is 7.08. The molecule has 0 N–H and O–H groups in total. The van der Waals surface area contributed by atoms with Crippen molar-refractivity contribution < 1.29 is 25.8 Å². The Balaban J connectivity index is 0.00000417. The molecule has 0 aliphatic rings. The Morgan fingerprint density at radius 1 is 0.796 bits per heavy atom. The van der Waals surface area contributed by atoms with Crippen LogP contribution in [0, 0.1) is 30.9 Å². The Bertz CT molecular complexity index is 2210. The Hall–Kier alpha value is -4.47. The summed E-state index contributed by atoms with van der Waals surface area (Å²) >= 11 is 0. The van der Waals surface area contributed by atoms with Gasteiger partial charge >= 0.3 is 21.1 Å². The molecule has 3 heterocycles. The second-order valence-corrected chi connectivity index (χ2v) is 13.6. The first kappa shape index (κ1) is 34.4. The standard InChI is InChI=1S/C43H42N4O.Pt/c1-7-31-22-32(19-28(2)3)43(33(23-31)20-29(4)5)34-26-45-46(27-34)35-11-10-12-36(24-35)48-37-15-16-39-38-13-8-9-14-40(38)47(41(39)25-37)42-21-30(6)17-18-44-42;/h8-18,21-23,26-29H,7,19-20H2,1-6H3;/q-2;+2. The summed E-state index contributed by atoms with van der Waals surface area (Å²) in [6.07, 6.45) is 9.09. The van der Waals surface area contributed by atoms with E-state index in [0.29, 0.717) is 23.3 Å². The molecule has 0 bridgehead atoms. The molecule has 0 aliphatic carbocycles. The first-order chi connectivity index (χ1) is 23.3. The van der Waals surface area contributed by atoms with Crippen molar-refractivity contribution in [2.45, 2.75) is 60.8 Å². The Kier molecular flexibility index (Phi) is 10.2. The molecule has 0 fully saturated rings. The van der Waals surface area contributed by atoms with Gasteiger partial charge in [0.1, 0.15) is 5.82 Å². The minimum Gasteiger partial charge on any atom is -0.509 e. The fraction of sp³-hybridized carbons (Fsp3) is 0.256. The van der Waals surface area contributed by atoms with Crippen molar-refractivity contribution in [3.8, 4) is 34.1 Å². The number of rotatable bonds is 10. The molecule has 7 aromatic rings. The molecule has 0 saturated heterocycles. The maximum absolute atomic E-state index is 6.42. The average molecular weight is 826 g/mol. The van der Waals surface area contributed by atoms with Crippen LogP contribution in [0.15, 0.2) is 97.5 Å². The van der Waals surface area contributed by atoms with Gasteiger partial charge in [-0.3, -0.25) is 4.68 Å². The smallest absolute Gasteiger partial charge is 0.509 e. The summed E-state index contributed by atoms with van der Waals surface area (Å²) in [6, 6.07) is 34.3. The van der Waals surface area contributed by atoms with E-state index in [2.05, 4.69) is 113 Å². The Morgan fingerprint density at radius 3 is 2.24 bits per heavy atom. The molecule has 5 nitrogen and oxygen atoms in total. The monoisotopic (exact) mass is 825 g/mol. The Labute approximate surface area is 304 Å². The van der Waals surface area contributed by atoms with Crippen molar-refractivity contribution in [1.82, 2.24) is 19.3 Å². The molecule has 4 aromatic carbocycles. The number of benzene rings is 4. The minimum atomic E-state index is 0. The topological polar surface area (TPSA) is 44.9 Å². The molecule has 0 amide bonds. The van der Waals surface area contributed by atoms with E-state index in [-0.39, 0.29) is 21.1 Å². The summed E-state index contributed by atoms with van der Waals surface area (Å²) in [6.45, 7) is 13.5. The van der Waals surface area contributed by atoms with Crippen LogP contribution in [-0.4, -0.2) is 19.3 Å². The van der Waals surface area contributed by atoms with Gasteiger partial charge in [0.2, 0.25) is 0 Å². The van der Waals surface area contributed by atoms with E-state index in [9.17, 15) is 0 Å². The van der Waals surface area contributed by atoms with Gasteiger partial charge in [0.25, 0.3) is 0 Å². The van der Waals surface area contributed by atoms with Crippen molar-refractivity contribution in [2.75, 3.05) is 0 Å². The summed E-state index contributed by atoms with van der Waals surface area (Å²) in [5.41, 5.74) is 10.7. The summed E-state index contributed by atoms with van der Waals surface area (Å²) in [5.74, 6) is 3.19. The van der Waals surface area contributed by atoms with E-state index < -0.39 is 0 Å². The maximum Gasteiger partial charge on any atom is 2.00 e. The van der Waals surface area contributed by atoms with Gasteiger partial charge in [-0.1, -0.05) is 70.5 Å². The number of ether oxygens (including phenoxy) is 1. The number of aryl methyl sites for hydroxylation is 2. The zero-order valence-corrected chi connectivity index (χ0v) is 31.3. The molecular formula is C43H42N4OPt. The number of fused-ring (bicyclic) bond motifs is 3. The van der Waals surface area contributed by atoms with Crippen molar-refractivity contribution in [3.63, 3.8) is 0 Å². The second-order valence-electron chi connectivity index (χ2n) is 13.6. The van der Waals surface area contributed by atoms with Crippen LogP contribution in [0.25, 0.3) is 44.4 Å². The van der Waals surface area contributed by atoms with Crippen molar-refractivity contribution in [3.05, 3.63) is 132 Å². The third kappa shape index (κ3) is 7.14. The van der Waals surface area contributed by atoms with Crippen LogP contribution in [0.3, 0.4) is 0 Å². The van der Waals surface area contributed by atoms with Gasteiger partial charge in [-0.2, -0.15) is 17.2 Å². The fourth-order valence-corrected chi connectivity index (χ4v) is 6.76. The third-order valence-corrected chi connectivity index (χ3v) is 8.80. The average Bonchev–Trinajstić information content (AvgIpc) is 3.67. The van der Waals surface area contributed by atoms with Crippen LogP contribution in [0.4, 0.5) is 0 Å². The predicted molar refractivity (Wildman–Crippen MR) is 197 cm³/mol. The number of para-hydroxylation sites is 1.